The number of sulfonamides is 1. The third kappa shape index (κ3) is 5.58. The molecule has 1 aliphatic heterocycles. The molecule has 0 radical (unpaired) electrons. The van der Waals surface area contributed by atoms with Crippen LogP contribution in [0.15, 0.2) is 65.6 Å². The Balaban J connectivity index is 1.55. The molecule has 1 saturated heterocycles. The van der Waals surface area contributed by atoms with Gasteiger partial charge in [0.05, 0.1) is 22.2 Å². The Morgan fingerprint density at radius 3 is 2.40 bits per heavy atom. The maximum absolute atomic E-state index is 13.3. The van der Waals surface area contributed by atoms with Crippen molar-refractivity contribution in [3.8, 4) is 0 Å². The number of halogens is 1. The molecule has 0 aromatic heterocycles. The third-order valence-electron chi connectivity index (χ3n) is 5.88. The normalized spacial score (nSPS) is 14.6. The molecule has 0 spiro atoms. The average Bonchev–Trinajstić information content (AvgIpc) is 2.85. The molecule has 8 nitrogen and oxygen atoms in total. The van der Waals surface area contributed by atoms with Crippen molar-refractivity contribution in [1.29, 1.82) is 0 Å². The monoisotopic (exact) mass is 515 g/mol. The summed E-state index contributed by atoms with van der Waals surface area (Å²) in [5.74, 6) is -0.391. The van der Waals surface area contributed by atoms with E-state index in [-0.39, 0.29) is 17.0 Å². The zero-order valence-electron chi connectivity index (χ0n) is 19.2. The van der Waals surface area contributed by atoms with Crippen molar-refractivity contribution in [3.63, 3.8) is 0 Å². The molecule has 2 N–H and O–H groups in total. The van der Waals surface area contributed by atoms with Gasteiger partial charge in [-0.3, -0.25) is 4.79 Å². The smallest absolute Gasteiger partial charge is 0.409 e. The van der Waals surface area contributed by atoms with Crippen LogP contribution in [0.4, 0.5) is 10.5 Å². The van der Waals surface area contributed by atoms with Crippen molar-refractivity contribution < 1.29 is 22.7 Å². The number of nitrogens with zero attached hydrogens (tertiary/aromatic N) is 1. The lowest BCUT2D eigenvalue weighted by atomic mass is 10.0. The molecular weight excluding hydrogens is 490 g/mol. The van der Waals surface area contributed by atoms with Gasteiger partial charge in [-0.05, 0) is 49.4 Å². The SMILES string of the molecule is CCOC(=O)N1CCC(NS(=O)(=O)c2cccc3c(C(=O)Nc4ccccc4Cl)cccc23)CC1. The van der Waals surface area contributed by atoms with Gasteiger partial charge < -0.3 is 15.0 Å². The molecule has 0 atom stereocenters. The van der Waals surface area contributed by atoms with Crippen LogP contribution in [0.5, 0.6) is 0 Å². The molecule has 0 unspecified atom stereocenters. The number of anilines is 1. The predicted molar refractivity (Wildman–Crippen MR) is 135 cm³/mol. The molecular formula is C25H26ClN3O5S. The van der Waals surface area contributed by atoms with Crippen LogP contribution in [0.3, 0.4) is 0 Å². The third-order valence-corrected chi connectivity index (χ3v) is 7.79. The Bertz CT molecular complexity index is 1350. The number of piperidine rings is 1. The first kappa shape index (κ1) is 25.0. The molecule has 1 fully saturated rings. The zero-order valence-corrected chi connectivity index (χ0v) is 20.7. The first-order valence-electron chi connectivity index (χ1n) is 11.3. The Kier molecular flexibility index (Phi) is 7.59. The molecule has 10 heteroatoms. The van der Waals surface area contributed by atoms with Crippen molar-refractivity contribution >= 4 is 50.1 Å². The molecule has 1 aliphatic rings. The number of fused-ring (bicyclic) bond motifs is 1. The molecule has 4 rings (SSSR count). The summed E-state index contributed by atoms with van der Waals surface area (Å²) in [5, 5.41) is 4.14. The highest BCUT2D eigenvalue weighted by atomic mass is 35.5. The van der Waals surface area contributed by atoms with E-state index in [1.165, 1.54) is 6.07 Å². The lowest BCUT2D eigenvalue weighted by molar-refractivity contribution is 0.0964. The second kappa shape index (κ2) is 10.6. The number of carbonyl (C=O) groups is 2. The van der Waals surface area contributed by atoms with E-state index in [2.05, 4.69) is 10.0 Å². The van der Waals surface area contributed by atoms with Crippen molar-refractivity contribution in [2.45, 2.75) is 30.7 Å². The predicted octanol–water partition coefficient (Wildman–Crippen LogP) is 4.64. The molecule has 2 amide bonds. The summed E-state index contributed by atoms with van der Waals surface area (Å²) in [5.41, 5.74) is 0.804. The molecule has 35 heavy (non-hydrogen) atoms. The highest BCUT2D eigenvalue weighted by Crippen LogP contribution is 2.28. The number of hydrogen-bond donors (Lipinski definition) is 2. The lowest BCUT2D eigenvalue weighted by Crippen LogP contribution is -2.46. The highest BCUT2D eigenvalue weighted by molar-refractivity contribution is 7.89. The van der Waals surface area contributed by atoms with Gasteiger partial charge in [-0.15, -0.1) is 0 Å². The molecule has 184 valence electrons. The number of rotatable bonds is 6. The highest BCUT2D eigenvalue weighted by Gasteiger charge is 2.28. The summed E-state index contributed by atoms with van der Waals surface area (Å²) in [6.07, 6.45) is 0.577. The number of amides is 2. The zero-order chi connectivity index (χ0) is 25.0. The molecule has 3 aromatic rings. The number of ether oxygens (including phenoxy) is 1. The van der Waals surface area contributed by atoms with Crippen LogP contribution in [0.2, 0.25) is 5.02 Å². The van der Waals surface area contributed by atoms with Crippen LogP contribution >= 0.6 is 11.6 Å². The van der Waals surface area contributed by atoms with E-state index in [4.69, 9.17) is 16.3 Å². The Hall–Kier alpha value is -3.14. The number of carbonyl (C=O) groups excluding carboxylic acids is 2. The van der Waals surface area contributed by atoms with Crippen molar-refractivity contribution in [1.82, 2.24) is 9.62 Å². The Morgan fingerprint density at radius 2 is 1.69 bits per heavy atom. The maximum Gasteiger partial charge on any atom is 0.409 e. The van der Waals surface area contributed by atoms with Gasteiger partial charge in [0.15, 0.2) is 0 Å². The summed E-state index contributed by atoms with van der Waals surface area (Å²) < 4.78 is 34.4. The summed E-state index contributed by atoms with van der Waals surface area (Å²) in [6.45, 7) is 2.86. The second-order valence-corrected chi connectivity index (χ2v) is 10.3. The fraction of sp³-hybridized carbons (Fsp3) is 0.280. The minimum atomic E-state index is -3.88. The first-order valence-corrected chi connectivity index (χ1v) is 13.2. The van der Waals surface area contributed by atoms with E-state index in [0.29, 0.717) is 59.6 Å². The number of para-hydroxylation sites is 1. The molecule has 1 heterocycles. The van der Waals surface area contributed by atoms with Crippen LogP contribution in [0.1, 0.15) is 30.1 Å². The fourth-order valence-corrected chi connectivity index (χ4v) is 5.85. The van der Waals surface area contributed by atoms with E-state index in [0.717, 1.165) is 0 Å². The lowest BCUT2D eigenvalue weighted by Gasteiger charge is -2.31. The Morgan fingerprint density at radius 1 is 1.00 bits per heavy atom. The van der Waals surface area contributed by atoms with Crippen LogP contribution in [-0.2, 0) is 14.8 Å². The summed E-state index contributed by atoms with van der Waals surface area (Å²) in [7, 11) is -3.88. The van der Waals surface area contributed by atoms with E-state index in [1.807, 2.05) is 0 Å². The van der Waals surface area contributed by atoms with Gasteiger partial charge in [0.1, 0.15) is 0 Å². The minimum absolute atomic E-state index is 0.0928. The molecule has 0 saturated carbocycles. The van der Waals surface area contributed by atoms with Gasteiger partial charge in [0.25, 0.3) is 5.91 Å². The van der Waals surface area contributed by atoms with Gasteiger partial charge in [0, 0.05) is 30.1 Å². The molecule has 3 aromatic carbocycles. The summed E-state index contributed by atoms with van der Waals surface area (Å²) >= 11 is 6.16. The second-order valence-electron chi connectivity index (χ2n) is 8.17. The van der Waals surface area contributed by atoms with Crippen molar-refractivity contribution in [2.24, 2.45) is 0 Å². The average molecular weight is 516 g/mol. The largest absolute Gasteiger partial charge is 0.450 e. The van der Waals surface area contributed by atoms with Crippen LogP contribution < -0.4 is 10.0 Å². The van der Waals surface area contributed by atoms with Gasteiger partial charge in [0.2, 0.25) is 10.0 Å². The van der Waals surface area contributed by atoms with Crippen LogP contribution in [0.25, 0.3) is 10.8 Å². The van der Waals surface area contributed by atoms with E-state index < -0.39 is 15.9 Å². The Labute approximate surface area is 209 Å². The minimum Gasteiger partial charge on any atom is -0.450 e. The van der Waals surface area contributed by atoms with Crippen molar-refractivity contribution in [2.75, 3.05) is 25.0 Å². The van der Waals surface area contributed by atoms with Gasteiger partial charge in [-0.2, -0.15) is 0 Å². The van der Waals surface area contributed by atoms with Gasteiger partial charge >= 0.3 is 6.09 Å². The number of likely N-dealkylation sites (tertiary alicyclic amines) is 1. The standard InChI is InChI=1S/C25H26ClN3O5S/c1-2-34-25(31)29-15-13-17(14-16-29)28-35(32,33)23-12-6-7-18-19(23)8-5-9-20(18)24(30)27-22-11-4-3-10-21(22)26/h3-12,17,28H,2,13-16H2,1H3,(H,27,30). The summed E-state index contributed by atoms with van der Waals surface area (Å²) in [6, 6.07) is 16.4. The fourth-order valence-electron chi connectivity index (χ4n) is 4.14. The van der Waals surface area contributed by atoms with Gasteiger partial charge in [-0.1, -0.05) is 48.0 Å². The van der Waals surface area contributed by atoms with Crippen molar-refractivity contribution in [3.05, 3.63) is 71.2 Å². The first-order chi connectivity index (χ1) is 16.8. The molecule has 0 bridgehead atoms. The summed E-state index contributed by atoms with van der Waals surface area (Å²) in [4.78, 5) is 26.6. The van der Waals surface area contributed by atoms with E-state index in [9.17, 15) is 18.0 Å². The number of nitrogens with one attached hydrogen (secondary N) is 2. The maximum atomic E-state index is 13.3. The molecule has 0 aliphatic carbocycles. The van der Waals surface area contributed by atoms with Gasteiger partial charge in [-0.25, -0.2) is 17.9 Å². The van der Waals surface area contributed by atoms with E-state index >= 15 is 0 Å². The quantitative estimate of drug-likeness (QED) is 0.497. The number of benzene rings is 3. The van der Waals surface area contributed by atoms with Crippen LogP contribution in [-0.4, -0.2) is 51.1 Å². The van der Waals surface area contributed by atoms with E-state index in [1.54, 1.807) is 66.4 Å². The topological polar surface area (TPSA) is 105 Å². The number of hydrogen-bond acceptors (Lipinski definition) is 5. The van der Waals surface area contributed by atoms with Crippen LogP contribution in [0, 0.1) is 0 Å².